The number of para-hydroxylation sites is 1. The Balaban J connectivity index is 1.51. The van der Waals surface area contributed by atoms with Crippen LogP contribution < -0.4 is 21.3 Å². The molecule has 3 rings (SSSR count). The van der Waals surface area contributed by atoms with Gasteiger partial charge in [0.25, 0.3) is 0 Å². The smallest absolute Gasteiger partial charge is 0.323 e. The van der Waals surface area contributed by atoms with Crippen LogP contribution in [0.3, 0.4) is 0 Å². The van der Waals surface area contributed by atoms with Gasteiger partial charge in [-0.25, -0.2) is 4.79 Å². The highest BCUT2D eigenvalue weighted by Gasteiger charge is 2.20. The molecule has 0 radical (unpaired) electrons. The van der Waals surface area contributed by atoms with Crippen LogP contribution in [-0.4, -0.2) is 45.0 Å². The van der Waals surface area contributed by atoms with E-state index in [2.05, 4.69) is 26.3 Å². The zero-order valence-electron chi connectivity index (χ0n) is 22.3. The van der Waals surface area contributed by atoms with Crippen LogP contribution in [0, 0.1) is 6.92 Å². The van der Waals surface area contributed by atoms with Gasteiger partial charge in [0.15, 0.2) is 0 Å². The van der Waals surface area contributed by atoms with Gasteiger partial charge in [-0.3, -0.25) is 24.2 Å². The highest BCUT2D eigenvalue weighted by Crippen LogP contribution is 2.18. The first-order valence-corrected chi connectivity index (χ1v) is 12.8. The van der Waals surface area contributed by atoms with Gasteiger partial charge in [-0.15, -0.1) is 0 Å². The molecule has 0 spiro atoms. The van der Waals surface area contributed by atoms with Gasteiger partial charge >= 0.3 is 18.0 Å². The van der Waals surface area contributed by atoms with Crippen molar-refractivity contribution < 1.29 is 34.2 Å². The molecule has 3 aromatic rings. The van der Waals surface area contributed by atoms with E-state index in [1.165, 1.54) is 12.3 Å². The maximum atomic E-state index is 12.5. The van der Waals surface area contributed by atoms with Gasteiger partial charge in [0.05, 0.1) is 36.5 Å². The van der Waals surface area contributed by atoms with E-state index < -0.39 is 30.3 Å². The minimum absolute atomic E-state index is 0.0610. The van der Waals surface area contributed by atoms with E-state index in [4.69, 9.17) is 5.11 Å². The number of rotatable bonds is 13. The first kappa shape index (κ1) is 30.3. The molecule has 2 aromatic carbocycles. The van der Waals surface area contributed by atoms with Crippen LogP contribution in [0.15, 0.2) is 66.9 Å². The molecule has 12 nitrogen and oxygen atoms in total. The van der Waals surface area contributed by atoms with Crippen molar-refractivity contribution in [3.63, 3.8) is 0 Å². The summed E-state index contributed by atoms with van der Waals surface area (Å²) in [5.74, 6) is -2.96. The third-order valence-electron chi connectivity index (χ3n) is 5.91. The van der Waals surface area contributed by atoms with E-state index in [1.807, 2.05) is 25.1 Å². The molecular formula is C29H31N5O7. The Labute approximate surface area is 236 Å². The molecular weight excluding hydrogens is 530 g/mol. The molecule has 1 aromatic heterocycles. The zero-order chi connectivity index (χ0) is 29.8. The molecule has 0 bridgehead atoms. The topological polar surface area (TPSA) is 187 Å². The van der Waals surface area contributed by atoms with Crippen LogP contribution in [-0.2, 0) is 25.6 Å². The van der Waals surface area contributed by atoms with Crippen LogP contribution in [0.4, 0.5) is 21.9 Å². The van der Waals surface area contributed by atoms with Gasteiger partial charge < -0.3 is 31.5 Å². The van der Waals surface area contributed by atoms with Crippen molar-refractivity contribution in [2.24, 2.45) is 0 Å². The van der Waals surface area contributed by atoms with Crippen LogP contribution in [0.2, 0.25) is 0 Å². The number of carboxylic acid groups (broad SMARTS) is 2. The van der Waals surface area contributed by atoms with Gasteiger partial charge in [-0.05, 0) is 54.8 Å². The van der Waals surface area contributed by atoms with E-state index in [0.29, 0.717) is 22.6 Å². The number of hydrogen-bond donors (Lipinski definition) is 6. The summed E-state index contributed by atoms with van der Waals surface area (Å²) < 4.78 is 0. The largest absolute Gasteiger partial charge is 0.481 e. The van der Waals surface area contributed by atoms with E-state index in [-0.39, 0.29) is 43.3 Å². The summed E-state index contributed by atoms with van der Waals surface area (Å²) in [6, 6.07) is 16.0. The number of anilines is 3. The summed E-state index contributed by atoms with van der Waals surface area (Å²) >= 11 is 0. The summed E-state index contributed by atoms with van der Waals surface area (Å²) in [6.45, 7) is 1.89. The molecule has 0 aliphatic carbocycles. The van der Waals surface area contributed by atoms with Crippen molar-refractivity contribution in [1.82, 2.24) is 10.3 Å². The lowest BCUT2D eigenvalue weighted by molar-refractivity contribution is -0.138. The van der Waals surface area contributed by atoms with Crippen molar-refractivity contribution in [2.45, 2.75) is 45.1 Å². The SMILES string of the molecule is Cc1ccccc1NC(=O)Nc1ccc(CC(=O)Nc2ccc(C(CC(=O)O)NC(=O)CCCC(=O)O)nc2)cc1. The molecule has 0 aliphatic heterocycles. The number of hydrogen-bond acceptors (Lipinski definition) is 6. The van der Waals surface area contributed by atoms with Gasteiger partial charge in [-0.2, -0.15) is 0 Å². The number of nitrogens with one attached hydrogen (secondary N) is 4. The Bertz CT molecular complexity index is 1390. The molecule has 1 unspecified atom stereocenters. The highest BCUT2D eigenvalue weighted by atomic mass is 16.4. The first-order valence-electron chi connectivity index (χ1n) is 12.8. The standard InChI is InChI=1S/C29H31N5O7/c1-18-5-2-3-6-22(18)34-29(41)32-20-11-9-19(10-12-20)15-26(36)31-21-13-14-23(30-17-21)24(16-28(39)40)33-25(35)7-4-8-27(37)38/h2-3,5-6,9-14,17,24H,4,7-8,15-16H2,1H3,(H,31,36)(H,33,35)(H,37,38)(H,39,40)(H2,32,34,41). The normalized spacial score (nSPS) is 11.1. The second kappa shape index (κ2) is 14.8. The minimum atomic E-state index is -1.15. The molecule has 41 heavy (non-hydrogen) atoms. The lowest BCUT2D eigenvalue weighted by Gasteiger charge is -2.17. The molecule has 0 fully saturated rings. The van der Waals surface area contributed by atoms with E-state index >= 15 is 0 Å². The minimum Gasteiger partial charge on any atom is -0.481 e. The Kier molecular flexibility index (Phi) is 10.9. The molecule has 1 atom stereocenters. The molecule has 0 saturated heterocycles. The van der Waals surface area contributed by atoms with Crippen molar-refractivity contribution in [3.8, 4) is 0 Å². The predicted molar refractivity (Wildman–Crippen MR) is 151 cm³/mol. The summed E-state index contributed by atoms with van der Waals surface area (Å²) in [6.07, 6.45) is 0.901. The lowest BCUT2D eigenvalue weighted by Crippen LogP contribution is -2.30. The molecule has 6 N–H and O–H groups in total. The van der Waals surface area contributed by atoms with Crippen LogP contribution >= 0.6 is 0 Å². The summed E-state index contributed by atoms with van der Waals surface area (Å²) in [7, 11) is 0. The zero-order valence-corrected chi connectivity index (χ0v) is 22.3. The number of aryl methyl sites for hydroxylation is 1. The fraction of sp³-hybridized carbons (Fsp3) is 0.241. The Morgan fingerprint density at radius 3 is 2.12 bits per heavy atom. The molecule has 0 saturated carbocycles. The fourth-order valence-electron chi connectivity index (χ4n) is 3.85. The Hall–Kier alpha value is -5.26. The van der Waals surface area contributed by atoms with E-state index in [1.54, 1.807) is 36.4 Å². The highest BCUT2D eigenvalue weighted by molar-refractivity contribution is 6.00. The molecule has 12 heteroatoms. The third kappa shape index (κ3) is 10.4. The van der Waals surface area contributed by atoms with Crippen molar-refractivity contribution in [1.29, 1.82) is 0 Å². The molecule has 0 aliphatic rings. The summed E-state index contributed by atoms with van der Waals surface area (Å²) in [5.41, 5.74) is 3.58. The number of carboxylic acids is 2. The van der Waals surface area contributed by atoms with Gasteiger partial charge in [0, 0.05) is 24.2 Å². The van der Waals surface area contributed by atoms with Crippen molar-refractivity contribution in [2.75, 3.05) is 16.0 Å². The number of benzene rings is 2. The van der Waals surface area contributed by atoms with Crippen LogP contribution in [0.25, 0.3) is 0 Å². The lowest BCUT2D eigenvalue weighted by atomic mass is 10.1. The molecule has 214 valence electrons. The Morgan fingerprint density at radius 1 is 0.780 bits per heavy atom. The average Bonchev–Trinajstić information content (AvgIpc) is 2.90. The first-order chi connectivity index (χ1) is 19.6. The van der Waals surface area contributed by atoms with Crippen molar-refractivity contribution >= 4 is 46.8 Å². The summed E-state index contributed by atoms with van der Waals surface area (Å²) in [4.78, 5) is 63.0. The van der Waals surface area contributed by atoms with Crippen LogP contribution in [0.1, 0.15) is 48.5 Å². The molecule has 4 amide bonds. The number of aliphatic carboxylic acids is 2. The predicted octanol–water partition coefficient (Wildman–Crippen LogP) is 4.10. The second-order valence-electron chi connectivity index (χ2n) is 9.25. The third-order valence-corrected chi connectivity index (χ3v) is 5.91. The average molecular weight is 562 g/mol. The van der Waals surface area contributed by atoms with Crippen molar-refractivity contribution in [3.05, 3.63) is 83.7 Å². The fourth-order valence-corrected chi connectivity index (χ4v) is 3.85. The van der Waals surface area contributed by atoms with Gasteiger partial charge in [0.1, 0.15) is 0 Å². The maximum Gasteiger partial charge on any atom is 0.323 e. The van der Waals surface area contributed by atoms with E-state index in [0.717, 1.165) is 5.56 Å². The summed E-state index contributed by atoms with van der Waals surface area (Å²) in [5, 5.41) is 28.7. The number of nitrogens with zero attached hydrogens (tertiary/aromatic N) is 1. The number of carbonyl (C=O) groups is 5. The van der Waals surface area contributed by atoms with Crippen LogP contribution in [0.5, 0.6) is 0 Å². The number of carbonyl (C=O) groups excluding carboxylic acids is 3. The van der Waals surface area contributed by atoms with Gasteiger partial charge in [0.2, 0.25) is 11.8 Å². The quantitative estimate of drug-likeness (QED) is 0.180. The van der Waals surface area contributed by atoms with Gasteiger partial charge in [-0.1, -0.05) is 30.3 Å². The monoisotopic (exact) mass is 561 g/mol. The Morgan fingerprint density at radius 2 is 1.49 bits per heavy atom. The molecule has 1 heterocycles. The number of urea groups is 1. The second-order valence-corrected chi connectivity index (χ2v) is 9.25. The number of aromatic nitrogens is 1. The number of pyridine rings is 1. The number of amides is 4. The maximum absolute atomic E-state index is 12.5. The van der Waals surface area contributed by atoms with E-state index in [9.17, 15) is 29.1 Å².